The van der Waals surface area contributed by atoms with Gasteiger partial charge in [0.1, 0.15) is 6.33 Å². The number of H-pyrrole nitrogens is 1. The van der Waals surface area contributed by atoms with Crippen molar-refractivity contribution in [3.8, 4) is 11.6 Å². The van der Waals surface area contributed by atoms with Gasteiger partial charge in [0, 0.05) is 17.6 Å². The van der Waals surface area contributed by atoms with Crippen molar-refractivity contribution < 1.29 is 0 Å². The van der Waals surface area contributed by atoms with E-state index in [0.29, 0.717) is 17.7 Å². The van der Waals surface area contributed by atoms with Crippen molar-refractivity contribution in [3.63, 3.8) is 0 Å². The highest BCUT2D eigenvalue weighted by Gasteiger charge is 2.08. The summed E-state index contributed by atoms with van der Waals surface area (Å²) < 4.78 is 4.15. The molecule has 0 aromatic carbocycles. The monoisotopic (exact) mass is 210 g/mol. The number of anilines is 1. The lowest BCUT2D eigenvalue weighted by Gasteiger charge is -2.03. The van der Waals surface area contributed by atoms with Gasteiger partial charge in [-0.1, -0.05) is 0 Å². The smallest absolute Gasteiger partial charge is 0.212 e. The number of hydrogen-bond donors (Lipinski definition) is 2. The zero-order chi connectivity index (χ0) is 9.97. The molecule has 0 atom stereocenters. The summed E-state index contributed by atoms with van der Waals surface area (Å²) in [5.74, 6) is 1.17. The van der Waals surface area contributed by atoms with Gasteiger partial charge >= 0.3 is 0 Å². The van der Waals surface area contributed by atoms with Crippen LogP contribution in [0.5, 0.6) is 0 Å². The summed E-state index contributed by atoms with van der Waals surface area (Å²) in [7, 11) is 0. The molecular formula is C7H10N6S. The third-order valence-corrected chi connectivity index (χ3v) is 2.11. The van der Waals surface area contributed by atoms with Crippen molar-refractivity contribution in [3.05, 3.63) is 6.33 Å². The van der Waals surface area contributed by atoms with Crippen LogP contribution in [0.4, 0.5) is 5.13 Å². The van der Waals surface area contributed by atoms with E-state index < -0.39 is 0 Å². The lowest BCUT2D eigenvalue weighted by molar-refractivity contribution is 0.896. The Bertz CT molecular complexity index is 392. The molecule has 0 aliphatic heterocycles. The normalized spacial score (nSPS) is 10.8. The van der Waals surface area contributed by atoms with Crippen molar-refractivity contribution in [2.75, 3.05) is 5.32 Å². The second kappa shape index (κ2) is 3.70. The standard InChI is InChI=1S/C7H10N6S/c1-4(2)10-7-11-6(13-14-7)5-8-3-9-12-5/h3-4H,1-2H3,(H,8,9,12)(H,10,11,13). The average Bonchev–Trinajstić information content (AvgIpc) is 2.69. The Morgan fingerprint density at radius 1 is 1.50 bits per heavy atom. The average molecular weight is 210 g/mol. The Morgan fingerprint density at radius 3 is 3.00 bits per heavy atom. The Kier molecular flexibility index (Phi) is 2.40. The van der Waals surface area contributed by atoms with Gasteiger partial charge in [-0.15, -0.1) is 0 Å². The molecule has 0 radical (unpaired) electrons. The number of nitrogens with one attached hydrogen (secondary N) is 2. The van der Waals surface area contributed by atoms with Crippen molar-refractivity contribution >= 4 is 16.7 Å². The van der Waals surface area contributed by atoms with E-state index in [-0.39, 0.29) is 0 Å². The summed E-state index contributed by atoms with van der Waals surface area (Å²) in [6.07, 6.45) is 1.44. The van der Waals surface area contributed by atoms with Crippen molar-refractivity contribution in [1.82, 2.24) is 24.5 Å². The highest BCUT2D eigenvalue weighted by atomic mass is 32.1. The zero-order valence-corrected chi connectivity index (χ0v) is 8.67. The quantitative estimate of drug-likeness (QED) is 0.794. The largest absolute Gasteiger partial charge is 0.358 e. The van der Waals surface area contributed by atoms with Gasteiger partial charge in [-0.2, -0.15) is 14.5 Å². The molecule has 6 nitrogen and oxygen atoms in total. The van der Waals surface area contributed by atoms with Gasteiger partial charge in [0.2, 0.25) is 11.0 Å². The fourth-order valence-electron chi connectivity index (χ4n) is 0.938. The van der Waals surface area contributed by atoms with Crippen LogP contribution in [0.3, 0.4) is 0 Å². The van der Waals surface area contributed by atoms with Gasteiger partial charge in [-0.3, -0.25) is 5.10 Å². The van der Waals surface area contributed by atoms with Gasteiger partial charge in [-0.05, 0) is 13.8 Å². The van der Waals surface area contributed by atoms with Crippen LogP contribution >= 0.6 is 11.5 Å². The Labute approximate surface area is 85.0 Å². The van der Waals surface area contributed by atoms with E-state index >= 15 is 0 Å². The maximum atomic E-state index is 4.26. The Balaban J connectivity index is 2.18. The lowest BCUT2D eigenvalue weighted by Crippen LogP contribution is -2.09. The van der Waals surface area contributed by atoms with Crippen molar-refractivity contribution in [1.29, 1.82) is 0 Å². The van der Waals surface area contributed by atoms with Crippen LogP contribution in [0.1, 0.15) is 13.8 Å². The molecule has 2 rings (SSSR count). The highest BCUT2D eigenvalue weighted by Crippen LogP contribution is 2.17. The number of aromatic amines is 1. The predicted molar refractivity (Wildman–Crippen MR) is 54.0 cm³/mol. The molecule has 2 N–H and O–H groups in total. The molecule has 0 spiro atoms. The molecule has 0 aliphatic rings. The SMILES string of the molecule is CC(C)Nc1nc(-c2ncn[nH]2)ns1. The number of rotatable bonds is 3. The van der Waals surface area contributed by atoms with Gasteiger partial charge in [0.25, 0.3) is 0 Å². The second-order valence-corrected chi connectivity index (χ2v) is 3.81. The van der Waals surface area contributed by atoms with Gasteiger partial charge in [0.05, 0.1) is 0 Å². The first kappa shape index (κ1) is 9.07. The van der Waals surface area contributed by atoms with Gasteiger partial charge in [-0.25, -0.2) is 4.98 Å². The molecule has 0 saturated carbocycles. The van der Waals surface area contributed by atoms with Gasteiger partial charge in [0.15, 0.2) is 5.82 Å². The molecule has 2 aromatic heterocycles. The Morgan fingerprint density at radius 2 is 2.36 bits per heavy atom. The summed E-state index contributed by atoms with van der Waals surface area (Å²) in [6, 6.07) is 0.352. The first-order chi connectivity index (χ1) is 6.75. The lowest BCUT2D eigenvalue weighted by atomic mass is 10.4. The predicted octanol–water partition coefficient (Wildman–Crippen LogP) is 1.14. The maximum Gasteiger partial charge on any atom is 0.212 e. The van der Waals surface area contributed by atoms with Crippen LogP contribution in [0.25, 0.3) is 11.6 Å². The third-order valence-electron chi connectivity index (χ3n) is 1.47. The zero-order valence-electron chi connectivity index (χ0n) is 7.85. The van der Waals surface area contributed by atoms with Crippen LogP contribution < -0.4 is 5.32 Å². The van der Waals surface area contributed by atoms with Crippen molar-refractivity contribution in [2.24, 2.45) is 0 Å². The van der Waals surface area contributed by atoms with E-state index in [4.69, 9.17) is 0 Å². The van der Waals surface area contributed by atoms with E-state index in [1.165, 1.54) is 17.9 Å². The number of aromatic nitrogens is 5. The molecule has 0 saturated heterocycles. The third kappa shape index (κ3) is 1.87. The van der Waals surface area contributed by atoms with Crippen LogP contribution in [0.15, 0.2) is 6.33 Å². The molecular weight excluding hydrogens is 200 g/mol. The van der Waals surface area contributed by atoms with E-state index in [9.17, 15) is 0 Å². The first-order valence-electron chi connectivity index (χ1n) is 4.21. The summed E-state index contributed by atoms with van der Waals surface area (Å²) in [5, 5.41) is 10.4. The van der Waals surface area contributed by atoms with Crippen LogP contribution in [-0.2, 0) is 0 Å². The van der Waals surface area contributed by atoms with Crippen molar-refractivity contribution in [2.45, 2.75) is 19.9 Å². The van der Waals surface area contributed by atoms with E-state index in [0.717, 1.165) is 5.13 Å². The minimum Gasteiger partial charge on any atom is -0.358 e. The first-order valence-corrected chi connectivity index (χ1v) is 4.99. The molecule has 74 valence electrons. The second-order valence-electron chi connectivity index (χ2n) is 3.06. The molecule has 7 heteroatoms. The maximum absolute atomic E-state index is 4.26. The summed E-state index contributed by atoms with van der Waals surface area (Å²) >= 11 is 1.32. The molecule has 0 amide bonds. The fourth-order valence-corrected chi connectivity index (χ4v) is 1.65. The summed E-state index contributed by atoms with van der Waals surface area (Å²) in [5.41, 5.74) is 0. The fraction of sp³-hybridized carbons (Fsp3) is 0.429. The molecule has 0 fully saturated rings. The van der Waals surface area contributed by atoms with Gasteiger partial charge < -0.3 is 5.32 Å². The van der Waals surface area contributed by atoms with Crippen LogP contribution in [0.2, 0.25) is 0 Å². The van der Waals surface area contributed by atoms with E-state index in [2.05, 4.69) is 43.7 Å². The van der Waals surface area contributed by atoms with E-state index in [1.54, 1.807) is 0 Å². The molecule has 0 bridgehead atoms. The minimum absolute atomic E-state index is 0.352. The minimum atomic E-state index is 0.352. The van der Waals surface area contributed by atoms with E-state index in [1.807, 2.05) is 0 Å². The number of hydrogen-bond acceptors (Lipinski definition) is 6. The Hall–Kier alpha value is -1.50. The summed E-state index contributed by atoms with van der Waals surface area (Å²) in [4.78, 5) is 8.22. The molecule has 14 heavy (non-hydrogen) atoms. The van der Waals surface area contributed by atoms with Crippen LogP contribution in [-0.4, -0.2) is 30.6 Å². The topological polar surface area (TPSA) is 79.4 Å². The molecule has 2 aromatic rings. The van der Waals surface area contributed by atoms with Crippen LogP contribution in [0, 0.1) is 0 Å². The molecule has 0 unspecified atom stereocenters. The summed E-state index contributed by atoms with van der Waals surface area (Å²) in [6.45, 7) is 4.10. The molecule has 0 aliphatic carbocycles. The number of nitrogens with zero attached hydrogens (tertiary/aromatic N) is 4. The highest BCUT2D eigenvalue weighted by molar-refractivity contribution is 7.09. The molecule has 2 heterocycles.